The van der Waals surface area contributed by atoms with E-state index in [0.29, 0.717) is 0 Å². The molecule has 0 aliphatic rings. The van der Waals surface area contributed by atoms with E-state index in [1.54, 1.807) is 6.92 Å². The zero-order chi connectivity index (χ0) is 15.3. The number of Topliss-reactive ketones (excluding diaryl/α,β-unsaturated/α-hetero) is 1. The molecule has 0 aromatic heterocycles. The standard InChI is InChI=1S/C13H12BrF3O3/c1-2-20-12(19)11-4-3-9(13(15,16)17)5-8(11)6-10(18)7-14/h3-5H,2,6-7H2,1H3. The smallest absolute Gasteiger partial charge is 0.416 e. The molecular formula is C13H12BrF3O3. The number of hydrogen-bond acceptors (Lipinski definition) is 3. The van der Waals surface area contributed by atoms with E-state index in [1.165, 1.54) is 0 Å². The van der Waals surface area contributed by atoms with Crippen LogP contribution in [0.2, 0.25) is 0 Å². The number of alkyl halides is 4. The lowest BCUT2D eigenvalue weighted by Gasteiger charge is -2.12. The number of hydrogen-bond donors (Lipinski definition) is 0. The number of ketones is 1. The van der Waals surface area contributed by atoms with Gasteiger partial charge in [-0.25, -0.2) is 4.79 Å². The van der Waals surface area contributed by atoms with Gasteiger partial charge in [0.15, 0.2) is 0 Å². The van der Waals surface area contributed by atoms with Crippen molar-refractivity contribution in [3.05, 3.63) is 34.9 Å². The van der Waals surface area contributed by atoms with Crippen LogP contribution in [0.3, 0.4) is 0 Å². The first-order valence-electron chi connectivity index (χ1n) is 5.74. The molecule has 7 heteroatoms. The van der Waals surface area contributed by atoms with Crippen LogP contribution in [0.5, 0.6) is 0 Å². The summed E-state index contributed by atoms with van der Waals surface area (Å²) in [5.41, 5.74) is -0.903. The lowest BCUT2D eigenvalue weighted by Crippen LogP contribution is -2.14. The molecule has 0 saturated carbocycles. The first-order valence-corrected chi connectivity index (χ1v) is 6.86. The zero-order valence-electron chi connectivity index (χ0n) is 10.6. The number of carbonyl (C=O) groups excluding carboxylic acids is 2. The van der Waals surface area contributed by atoms with Crippen LogP contribution in [0, 0.1) is 0 Å². The third-order valence-electron chi connectivity index (χ3n) is 2.46. The van der Waals surface area contributed by atoms with Crippen LogP contribution in [0.15, 0.2) is 18.2 Å². The molecule has 1 aromatic rings. The minimum absolute atomic E-state index is 0.00547. The van der Waals surface area contributed by atoms with Crippen molar-refractivity contribution < 1.29 is 27.5 Å². The van der Waals surface area contributed by atoms with Gasteiger partial charge in [-0.05, 0) is 30.7 Å². The van der Waals surface area contributed by atoms with Crippen LogP contribution in [0.1, 0.15) is 28.4 Å². The van der Waals surface area contributed by atoms with Crippen molar-refractivity contribution in [1.29, 1.82) is 0 Å². The Kier molecular flexibility index (Phi) is 5.74. The Hall–Kier alpha value is -1.37. The average Bonchev–Trinajstić information content (AvgIpc) is 2.37. The predicted octanol–water partition coefficient (Wildman–Crippen LogP) is 3.39. The van der Waals surface area contributed by atoms with Crippen LogP contribution in [-0.2, 0) is 22.1 Å². The molecule has 0 aliphatic carbocycles. The van der Waals surface area contributed by atoms with Gasteiger partial charge in [0.1, 0.15) is 5.78 Å². The van der Waals surface area contributed by atoms with E-state index in [9.17, 15) is 22.8 Å². The quantitative estimate of drug-likeness (QED) is 0.602. The van der Waals surface area contributed by atoms with Gasteiger partial charge >= 0.3 is 12.1 Å². The molecule has 0 heterocycles. The maximum atomic E-state index is 12.7. The van der Waals surface area contributed by atoms with Gasteiger partial charge in [0.25, 0.3) is 0 Å². The van der Waals surface area contributed by atoms with Crippen LogP contribution in [0.4, 0.5) is 13.2 Å². The second kappa shape index (κ2) is 6.88. The van der Waals surface area contributed by atoms with Gasteiger partial charge in [0, 0.05) is 6.42 Å². The molecule has 0 saturated heterocycles. The molecule has 110 valence electrons. The fourth-order valence-electron chi connectivity index (χ4n) is 1.58. The topological polar surface area (TPSA) is 43.4 Å². The molecule has 1 aromatic carbocycles. The zero-order valence-corrected chi connectivity index (χ0v) is 12.2. The van der Waals surface area contributed by atoms with Crippen LogP contribution < -0.4 is 0 Å². The summed E-state index contributed by atoms with van der Waals surface area (Å²) in [6.45, 7) is 1.69. The van der Waals surface area contributed by atoms with E-state index < -0.39 is 17.7 Å². The van der Waals surface area contributed by atoms with E-state index >= 15 is 0 Å². The summed E-state index contributed by atoms with van der Waals surface area (Å²) in [6, 6.07) is 2.65. The van der Waals surface area contributed by atoms with Gasteiger partial charge in [0.05, 0.1) is 23.1 Å². The molecule has 0 aliphatic heterocycles. The molecule has 3 nitrogen and oxygen atoms in total. The third kappa shape index (κ3) is 4.33. The van der Waals surface area contributed by atoms with Crippen molar-refractivity contribution in [2.24, 2.45) is 0 Å². The molecular weight excluding hydrogens is 341 g/mol. The molecule has 0 amide bonds. The van der Waals surface area contributed by atoms with Gasteiger partial charge in [0.2, 0.25) is 0 Å². The van der Waals surface area contributed by atoms with Crippen molar-refractivity contribution in [3.8, 4) is 0 Å². The Morgan fingerprint density at radius 1 is 1.30 bits per heavy atom. The highest BCUT2D eigenvalue weighted by Crippen LogP contribution is 2.31. The van der Waals surface area contributed by atoms with E-state index in [2.05, 4.69) is 15.9 Å². The molecule has 0 fully saturated rings. The summed E-state index contributed by atoms with van der Waals surface area (Å²) >= 11 is 2.93. The monoisotopic (exact) mass is 352 g/mol. The second-order valence-corrected chi connectivity index (χ2v) is 4.50. The maximum Gasteiger partial charge on any atom is 0.416 e. The molecule has 0 unspecified atom stereocenters. The highest BCUT2D eigenvalue weighted by Gasteiger charge is 2.31. The summed E-state index contributed by atoms with van der Waals surface area (Å²) in [5, 5.41) is 0.00547. The fraction of sp³-hybridized carbons (Fsp3) is 0.385. The Morgan fingerprint density at radius 3 is 2.45 bits per heavy atom. The number of benzene rings is 1. The van der Waals surface area contributed by atoms with Crippen LogP contribution in [-0.4, -0.2) is 23.7 Å². The van der Waals surface area contributed by atoms with Gasteiger partial charge in [-0.3, -0.25) is 4.79 Å². The number of rotatable bonds is 5. The minimum Gasteiger partial charge on any atom is -0.462 e. The van der Waals surface area contributed by atoms with E-state index in [1.807, 2.05) is 0 Å². The SMILES string of the molecule is CCOC(=O)c1ccc(C(F)(F)F)cc1CC(=O)CBr. The van der Waals surface area contributed by atoms with Crippen molar-refractivity contribution in [1.82, 2.24) is 0 Å². The summed E-state index contributed by atoms with van der Waals surface area (Å²) in [7, 11) is 0. The number of esters is 1. The van der Waals surface area contributed by atoms with Gasteiger partial charge < -0.3 is 4.74 Å². The van der Waals surface area contributed by atoms with Crippen molar-refractivity contribution >= 4 is 27.7 Å². The highest BCUT2D eigenvalue weighted by molar-refractivity contribution is 9.09. The van der Waals surface area contributed by atoms with Crippen LogP contribution >= 0.6 is 15.9 Å². The lowest BCUT2D eigenvalue weighted by molar-refractivity contribution is -0.137. The number of halogens is 4. The Bertz CT molecular complexity index is 512. The average molecular weight is 353 g/mol. The number of ether oxygens (including phenoxy) is 1. The second-order valence-electron chi connectivity index (χ2n) is 3.94. The first kappa shape index (κ1) is 16.7. The minimum atomic E-state index is -4.53. The Balaban J connectivity index is 3.23. The summed E-state index contributed by atoms with van der Waals surface area (Å²) in [6.07, 6.45) is -4.79. The Labute approximate surface area is 122 Å². The summed E-state index contributed by atoms with van der Waals surface area (Å²) < 4.78 is 42.7. The third-order valence-corrected chi connectivity index (χ3v) is 3.09. The van der Waals surface area contributed by atoms with Crippen molar-refractivity contribution in [3.63, 3.8) is 0 Å². The molecule has 1 rings (SSSR count). The maximum absolute atomic E-state index is 12.7. The largest absolute Gasteiger partial charge is 0.462 e. The summed E-state index contributed by atoms with van der Waals surface area (Å²) in [5.74, 6) is -1.06. The number of carbonyl (C=O) groups is 2. The fourth-order valence-corrected chi connectivity index (χ4v) is 1.78. The Morgan fingerprint density at radius 2 is 1.95 bits per heavy atom. The normalized spacial score (nSPS) is 11.2. The summed E-state index contributed by atoms with van der Waals surface area (Å²) in [4.78, 5) is 23.1. The van der Waals surface area contributed by atoms with E-state index in [-0.39, 0.29) is 35.3 Å². The van der Waals surface area contributed by atoms with E-state index in [0.717, 1.165) is 18.2 Å². The molecule has 20 heavy (non-hydrogen) atoms. The highest BCUT2D eigenvalue weighted by atomic mass is 79.9. The molecule has 0 radical (unpaired) electrons. The molecule has 0 spiro atoms. The van der Waals surface area contributed by atoms with Gasteiger partial charge in [-0.1, -0.05) is 15.9 Å². The first-order chi connectivity index (χ1) is 9.29. The van der Waals surface area contributed by atoms with Gasteiger partial charge in [-0.2, -0.15) is 13.2 Å². The van der Waals surface area contributed by atoms with Crippen molar-refractivity contribution in [2.75, 3.05) is 11.9 Å². The predicted molar refractivity (Wildman–Crippen MR) is 69.9 cm³/mol. The molecule has 0 atom stereocenters. The lowest BCUT2D eigenvalue weighted by atomic mass is 9.99. The van der Waals surface area contributed by atoms with Crippen LogP contribution in [0.25, 0.3) is 0 Å². The molecule has 0 bridgehead atoms. The van der Waals surface area contributed by atoms with Gasteiger partial charge in [-0.15, -0.1) is 0 Å². The van der Waals surface area contributed by atoms with Crippen molar-refractivity contribution in [2.45, 2.75) is 19.5 Å². The molecule has 0 N–H and O–H groups in total. The van der Waals surface area contributed by atoms with E-state index in [4.69, 9.17) is 4.74 Å².